The van der Waals surface area contributed by atoms with Crippen LogP contribution in [0, 0.1) is 0 Å². The minimum atomic E-state index is -0.342. The molecule has 1 unspecified atom stereocenters. The summed E-state index contributed by atoms with van der Waals surface area (Å²) in [5, 5.41) is 2.97. The largest absolute Gasteiger partial charge is 0.490 e. The Kier molecular flexibility index (Phi) is 6.10. The quantitative estimate of drug-likeness (QED) is 0.866. The maximum atomic E-state index is 12.1. The number of ether oxygens (including phenoxy) is 2. The Labute approximate surface area is 144 Å². The summed E-state index contributed by atoms with van der Waals surface area (Å²) >= 11 is 0. The highest BCUT2D eigenvalue weighted by Gasteiger charge is 2.24. The van der Waals surface area contributed by atoms with Crippen LogP contribution in [0.1, 0.15) is 31.2 Å². The third-order valence-electron chi connectivity index (χ3n) is 4.80. The lowest BCUT2D eigenvalue weighted by Gasteiger charge is -2.29. The smallest absolute Gasteiger partial charge is 0.250 e. The molecule has 24 heavy (non-hydrogen) atoms. The zero-order chi connectivity index (χ0) is 16.8. The molecule has 1 saturated carbocycles. The third-order valence-corrected chi connectivity index (χ3v) is 4.80. The maximum absolute atomic E-state index is 12.1. The van der Waals surface area contributed by atoms with E-state index >= 15 is 0 Å². The van der Waals surface area contributed by atoms with Crippen molar-refractivity contribution in [3.8, 4) is 5.75 Å². The minimum Gasteiger partial charge on any atom is -0.490 e. The third kappa shape index (κ3) is 4.95. The molecule has 132 valence electrons. The first-order valence-corrected chi connectivity index (χ1v) is 9.04. The molecule has 2 fully saturated rings. The lowest BCUT2D eigenvalue weighted by Crippen LogP contribution is -2.48. The van der Waals surface area contributed by atoms with Crippen molar-refractivity contribution in [3.63, 3.8) is 0 Å². The predicted octanol–water partition coefficient (Wildman–Crippen LogP) is 2.00. The molecule has 1 saturated heterocycles. The zero-order valence-corrected chi connectivity index (χ0v) is 14.5. The Morgan fingerprint density at radius 1 is 1.29 bits per heavy atom. The molecule has 1 heterocycles. The van der Waals surface area contributed by atoms with E-state index in [1.165, 1.54) is 31.2 Å². The number of hydrogen-bond acceptors (Lipinski definition) is 4. The van der Waals surface area contributed by atoms with Gasteiger partial charge in [-0.15, -0.1) is 0 Å². The highest BCUT2D eigenvalue weighted by Crippen LogP contribution is 2.24. The van der Waals surface area contributed by atoms with Gasteiger partial charge >= 0.3 is 0 Å². The molecule has 1 N–H and O–H groups in total. The van der Waals surface area contributed by atoms with E-state index in [0.717, 1.165) is 18.7 Å². The van der Waals surface area contributed by atoms with Crippen LogP contribution in [0.5, 0.6) is 5.75 Å². The van der Waals surface area contributed by atoms with Gasteiger partial charge in [0.05, 0.1) is 12.7 Å². The Morgan fingerprint density at radius 2 is 2.04 bits per heavy atom. The first-order chi connectivity index (χ1) is 11.7. The molecule has 0 bridgehead atoms. The number of carbonyl (C=O) groups is 1. The van der Waals surface area contributed by atoms with Crippen LogP contribution in [0.3, 0.4) is 0 Å². The van der Waals surface area contributed by atoms with Crippen molar-refractivity contribution in [3.05, 3.63) is 29.8 Å². The maximum Gasteiger partial charge on any atom is 0.250 e. The number of morpholine rings is 1. The molecule has 0 radical (unpaired) electrons. The number of nitrogens with zero attached hydrogens (tertiary/aromatic N) is 1. The summed E-state index contributed by atoms with van der Waals surface area (Å²) in [6, 6.07) is 8.24. The summed E-state index contributed by atoms with van der Waals surface area (Å²) in [6.07, 6.45) is 5.78. The van der Waals surface area contributed by atoms with Gasteiger partial charge in [0.25, 0.3) is 0 Å². The van der Waals surface area contributed by atoms with E-state index in [1.54, 1.807) is 0 Å². The molecule has 1 aromatic rings. The SMILES string of the molecule is CN1CCOC(C(=O)NCCc2ccc(OC3CCCC3)cc2)C1. The Morgan fingerprint density at radius 3 is 2.75 bits per heavy atom. The molecule has 1 aliphatic carbocycles. The Balaban J connectivity index is 1.39. The van der Waals surface area contributed by atoms with Crippen molar-refractivity contribution in [1.82, 2.24) is 10.2 Å². The van der Waals surface area contributed by atoms with Gasteiger partial charge in [-0.1, -0.05) is 12.1 Å². The van der Waals surface area contributed by atoms with E-state index < -0.39 is 0 Å². The lowest BCUT2D eigenvalue weighted by molar-refractivity contribution is -0.137. The van der Waals surface area contributed by atoms with Gasteiger partial charge in [-0.2, -0.15) is 0 Å². The van der Waals surface area contributed by atoms with E-state index in [0.29, 0.717) is 25.8 Å². The van der Waals surface area contributed by atoms with Crippen LogP contribution in [0.15, 0.2) is 24.3 Å². The van der Waals surface area contributed by atoms with E-state index in [2.05, 4.69) is 22.3 Å². The number of benzene rings is 1. The van der Waals surface area contributed by atoms with Crippen molar-refractivity contribution in [2.45, 2.75) is 44.3 Å². The standard InChI is InChI=1S/C19H28N2O3/c1-21-12-13-23-18(14-21)19(22)20-11-10-15-6-8-17(9-7-15)24-16-4-2-3-5-16/h6-9,16,18H,2-5,10-14H2,1H3,(H,20,22). The van der Waals surface area contributed by atoms with E-state index in [4.69, 9.17) is 9.47 Å². The average molecular weight is 332 g/mol. The van der Waals surface area contributed by atoms with Crippen LogP contribution in [0.25, 0.3) is 0 Å². The van der Waals surface area contributed by atoms with Crippen LogP contribution < -0.4 is 10.1 Å². The van der Waals surface area contributed by atoms with Crippen LogP contribution in [-0.2, 0) is 16.0 Å². The highest BCUT2D eigenvalue weighted by atomic mass is 16.5. The molecule has 3 rings (SSSR count). The molecule has 5 heteroatoms. The summed E-state index contributed by atoms with van der Waals surface area (Å²) in [6.45, 7) is 2.81. The summed E-state index contributed by atoms with van der Waals surface area (Å²) in [7, 11) is 2.01. The van der Waals surface area contributed by atoms with Gasteiger partial charge in [0.15, 0.2) is 0 Å². The van der Waals surface area contributed by atoms with Gasteiger partial charge in [-0.25, -0.2) is 0 Å². The van der Waals surface area contributed by atoms with Crippen molar-refractivity contribution < 1.29 is 14.3 Å². The second-order valence-electron chi connectivity index (χ2n) is 6.83. The Bertz CT molecular complexity index is 526. The molecule has 1 amide bonds. The normalized spacial score (nSPS) is 22.5. The number of nitrogens with one attached hydrogen (secondary N) is 1. The molecule has 0 spiro atoms. The van der Waals surface area contributed by atoms with Gasteiger partial charge in [-0.3, -0.25) is 4.79 Å². The number of hydrogen-bond donors (Lipinski definition) is 1. The van der Waals surface area contributed by atoms with Gasteiger partial charge < -0.3 is 19.7 Å². The van der Waals surface area contributed by atoms with Crippen LogP contribution >= 0.6 is 0 Å². The minimum absolute atomic E-state index is 0.0114. The molecular weight excluding hydrogens is 304 g/mol. The molecule has 1 aliphatic heterocycles. The molecule has 1 aromatic carbocycles. The second-order valence-corrected chi connectivity index (χ2v) is 6.83. The van der Waals surface area contributed by atoms with Gasteiger partial charge in [0, 0.05) is 19.6 Å². The van der Waals surface area contributed by atoms with Crippen LogP contribution in [0.4, 0.5) is 0 Å². The van der Waals surface area contributed by atoms with E-state index in [-0.39, 0.29) is 12.0 Å². The zero-order valence-electron chi connectivity index (χ0n) is 14.5. The van der Waals surface area contributed by atoms with Crippen molar-refractivity contribution in [2.75, 3.05) is 33.3 Å². The highest BCUT2D eigenvalue weighted by molar-refractivity contribution is 5.81. The fourth-order valence-electron chi connectivity index (χ4n) is 3.31. The van der Waals surface area contributed by atoms with E-state index in [9.17, 15) is 4.79 Å². The van der Waals surface area contributed by atoms with Crippen LogP contribution in [0.2, 0.25) is 0 Å². The summed E-state index contributed by atoms with van der Waals surface area (Å²) in [5.41, 5.74) is 1.20. The van der Waals surface area contributed by atoms with E-state index in [1.807, 2.05) is 19.2 Å². The monoisotopic (exact) mass is 332 g/mol. The molecule has 0 aromatic heterocycles. The molecule has 2 aliphatic rings. The molecule has 5 nitrogen and oxygen atoms in total. The fraction of sp³-hybridized carbons (Fsp3) is 0.632. The number of rotatable bonds is 6. The lowest BCUT2D eigenvalue weighted by atomic mass is 10.1. The van der Waals surface area contributed by atoms with Gasteiger partial charge in [-0.05, 0) is 56.8 Å². The predicted molar refractivity (Wildman–Crippen MR) is 93.3 cm³/mol. The number of amides is 1. The summed E-state index contributed by atoms with van der Waals surface area (Å²) in [4.78, 5) is 14.2. The first-order valence-electron chi connectivity index (χ1n) is 9.04. The molecule has 1 atom stereocenters. The average Bonchev–Trinajstić information content (AvgIpc) is 3.09. The van der Waals surface area contributed by atoms with Gasteiger partial charge in [0.1, 0.15) is 11.9 Å². The van der Waals surface area contributed by atoms with Crippen molar-refractivity contribution in [1.29, 1.82) is 0 Å². The van der Waals surface area contributed by atoms with Gasteiger partial charge in [0.2, 0.25) is 5.91 Å². The van der Waals surface area contributed by atoms with Crippen LogP contribution in [-0.4, -0.2) is 56.3 Å². The fourth-order valence-corrected chi connectivity index (χ4v) is 3.31. The summed E-state index contributed by atoms with van der Waals surface area (Å²) < 4.78 is 11.5. The van der Waals surface area contributed by atoms with Crippen molar-refractivity contribution >= 4 is 5.91 Å². The Hall–Kier alpha value is -1.59. The van der Waals surface area contributed by atoms with Crippen molar-refractivity contribution in [2.24, 2.45) is 0 Å². The number of likely N-dealkylation sites (N-methyl/N-ethyl adjacent to an activating group) is 1. The summed E-state index contributed by atoms with van der Waals surface area (Å²) in [5.74, 6) is 0.941. The first kappa shape index (κ1) is 17.2. The second kappa shape index (κ2) is 8.49. The topological polar surface area (TPSA) is 50.8 Å². The molecular formula is C19H28N2O3. The number of carbonyl (C=O) groups excluding carboxylic acids is 1.